The predicted molar refractivity (Wildman–Crippen MR) is 130 cm³/mol. The third kappa shape index (κ3) is 7.35. The Morgan fingerprint density at radius 3 is 2.48 bits per heavy atom. The monoisotopic (exact) mass is 514 g/mol. The summed E-state index contributed by atoms with van der Waals surface area (Å²) in [5, 5.41) is 6.82. The number of fused-ring (bicyclic) bond motifs is 1. The van der Waals surface area contributed by atoms with Crippen LogP contribution in [-0.4, -0.2) is 15.9 Å². The summed E-state index contributed by atoms with van der Waals surface area (Å²) in [6, 6.07) is 15.4. The molecule has 33 heavy (non-hydrogen) atoms. The van der Waals surface area contributed by atoms with Crippen molar-refractivity contribution >= 4 is 34.0 Å². The molecule has 0 aliphatic heterocycles. The van der Waals surface area contributed by atoms with Crippen LogP contribution in [0.5, 0.6) is 0 Å². The number of rotatable bonds is 5. The molecule has 1 saturated carbocycles. The first-order valence-corrected chi connectivity index (χ1v) is 11.5. The van der Waals surface area contributed by atoms with Crippen LogP contribution in [0, 0.1) is 23.8 Å². The van der Waals surface area contributed by atoms with Crippen molar-refractivity contribution < 1.29 is 37.5 Å². The molecule has 0 bridgehead atoms. The Kier molecular flexibility index (Phi) is 9.84. The third-order valence-corrected chi connectivity index (χ3v) is 6.00. The molecule has 2 N–H and O–H groups in total. The summed E-state index contributed by atoms with van der Waals surface area (Å²) < 4.78 is 0. The van der Waals surface area contributed by atoms with E-state index >= 15 is 0 Å². The summed E-state index contributed by atoms with van der Waals surface area (Å²) in [5.41, 5.74) is 3.65. The fourth-order valence-electron chi connectivity index (χ4n) is 4.36. The zero-order valence-corrected chi connectivity index (χ0v) is 22.0. The van der Waals surface area contributed by atoms with Gasteiger partial charge in [-0.15, -0.1) is 18.2 Å². The Bertz CT molecular complexity index is 1130. The zero-order chi connectivity index (χ0) is 22.2. The second-order valence-corrected chi connectivity index (χ2v) is 8.42. The fraction of sp³-hybridized carbons (Fsp3) is 0.370. The topological polar surface area (TPSA) is 66.9 Å². The van der Waals surface area contributed by atoms with Crippen molar-refractivity contribution in [3.63, 3.8) is 0 Å². The van der Waals surface area contributed by atoms with Crippen molar-refractivity contribution in [2.75, 3.05) is 10.6 Å². The van der Waals surface area contributed by atoms with Crippen molar-refractivity contribution in [2.45, 2.75) is 58.3 Å². The van der Waals surface area contributed by atoms with Gasteiger partial charge in [0.1, 0.15) is 0 Å². The van der Waals surface area contributed by atoms with Gasteiger partial charge in [0.25, 0.3) is 5.91 Å². The first-order valence-electron chi connectivity index (χ1n) is 11.5. The summed E-state index contributed by atoms with van der Waals surface area (Å²) in [6.07, 6.45) is 12.3. The molecule has 0 unspecified atom stereocenters. The molecule has 4 rings (SSSR count). The number of carbonyl (C=O) groups excluding carboxylic acids is 1. The second kappa shape index (κ2) is 12.8. The minimum absolute atomic E-state index is 0. The molecule has 1 radical (unpaired) electrons. The summed E-state index contributed by atoms with van der Waals surface area (Å²) in [6.45, 7) is 1.63. The van der Waals surface area contributed by atoms with Gasteiger partial charge >= 0.3 is 0 Å². The van der Waals surface area contributed by atoms with Gasteiger partial charge in [0, 0.05) is 38.4 Å². The van der Waals surface area contributed by atoms with Crippen LogP contribution in [0.2, 0.25) is 0 Å². The number of carbonyl (C=O) groups is 1. The molecule has 1 fully saturated rings. The SMILES string of the molecule is CC#CC(=O)Nc1[c-]c2c(Nc3ccc(CC4CCCCCCC4)cc3)ncnc2cc1.[Y]. The summed E-state index contributed by atoms with van der Waals surface area (Å²) in [5.74, 6) is 6.16. The van der Waals surface area contributed by atoms with Crippen LogP contribution in [0.4, 0.5) is 17.2 Å². The van der Waals surface area contributed by atoms with E-state index in [1.165, 1.54) is 56.8 Å². The van der Waals surface area contributed by atoms with Gasteiger partial charge in [0.2, 0.25) is 0 Å². The van der Waals surface area contributed by atoms with E-state index in [0.717, 1.165) is 23.5 Å². The minimum Gasteiger partial charge on any atom is -0.380 e. The summed E-state index contributed by atoms with van der Waals surface area (Å²) in [4.78, 5) is 20.5. The van der Waals surface area contributed by atoms with Crippen molar-refractivity contribution in [3.8, 4) is 11.8 Å². The maximum atomic E-state index is 11.8. The quantitative estimate of drug-likeness (QED) is 0.322. The van der Waals surface area contributed by atoms with Crippen LogP contribution in [-0.2, 0) is 43.9 Å². The number of benzene rings is 2. The van der Waals surface area contributed by atoms with Gasteiger partial charge in [-0.2, -0.15) is 0 Å². The van der Waals surface area contributed by atoms with Crippen molar-refractivity contribution in [3.05, 3.63) is 54.4 Å². The van der Waals surface area contributed by atoms with Gasteiger partial charge in [-0.1, -0.05) is 68.4 Å². The van der Waals surface area contributed by atoms with Gasteiger partial charge in [-0.05, 0) is 54.1 Å². The Hall–Kier alpha value is -2.29. The number of aromatic nitrogens is 2. The predicted octanol–water partition coefficient (Wildman–Crippen LogP) is 6.04. The number of hydrogen-bond acceptors (Lipinski definition) is 4. The van der Waals surface area contributed by atoms with E-state index in [1.54, 1.807) is 13.0 Å². The maximum Gasteiger partial charge on any atom is 0.298 e. The summed E-state index contributed by atoms with van der Waals surface area (Å²) in [7, 11) is 0. The zero-order valence-electron chi connectivity index (χ0n) is 19.2. The van der Waals surface area contributed by atoms with Gasteiger partial charge < -0.3 is 10.6 Å². The van der Waals surface area contributed by atoms with Crippen LogP contribution in [0.25, 0.3) is 10.9 Å². The molecule has 1 aliphatic carbocycles. The molecule has 1 amide bonds. The van der Waals surface area contributed by atoms with E-state index in [9.17, 15) is 4.79 Å². The second-order valence-electron chi connectivity index (χ2n) is 8.42. The van der Waals surface area contributed by atoms with Gasteiger partial charge in [-0.3, -0.25) is 14.8 Å². The van der Waals surface area contributed by atoms with E-state index in [1.807, 2.05) is 6.07 Å². The van der Waals surface area contributed by atoms with Crippen LogP contribution >= 0.6 is 0 Å². The number of nitrogens with one attached hydrogen (secondary N) is 2. The van der Waals surface area contributed by atoms with E-state index in [4.69, 9.17) is 0 Å². The van der Waals surface area contributed by atoms with Crippen LogP contribution < -0.4 is 10.6 Å². The first-order chi connectivity index (χ1) is 15.7. The molecule has 1 aliphatic rings. The van der Waals surface area contributed by atoms with Crippen molar-refractivity contribution in [2.24, 2.45) is 5.92 Å². The number of amides is 1. The Morgan fingerprint density at radius 1 is 1.03 bits per heavy atom. The van der Waals surface area contributed by atoms with Gasteiger partial charge in [0.15, 0.2) is 0 Å². The molecule has 5 nitrogen and oxygen atoms in total. The number of nitrogens with zero attached hydrogens (tertiary/aromatic N) is 2. The van der Waals surface area contributed by atoms with E-state index < -0.39 is 0 Å². The van der Waals surface area contributed by atoms with Crippen LogP contribution in [0.1, 0.15) is 57.4 Å². The third-order valence-electron chi connectivity index (χ3n) is 6.00. The molecule has 0 atom stereocenters. The minimum atomic E-state index is -0.366. The number of anilines is 3. The Balaban J connectivity index is 0.00000306. The van der Waals surface area contributed by atoms with Gasteiger partial charge in [0.05, 0.1) is 12.1 Å². The smallest absolute Gasteiger partial charge is 0.298 e. The average molecular weight is 514 g/mol. The average Bonchev–Trinajstić information content (AvgIpc) is 2.77. The van der Waals surface area contributed by atoms with E-state index in [2.05, 4.69) is 62.8 Å². The molecular weight excluding hydrogens is 485 g/mol. The summed E-state index contributed by atoms with van der Waals surface area (Å²) >= 11 is 0. The molecule has 0 spiro atoms. The maximum absolute atomic E-state index is 11.8. The molecule has 1 aromatic heterocycles. The normalized spacial score (nSPS) is 14.2. The molecule has 0 saturated heterocycles. The molecule has 167 valence electrons. The molecule has 1 heterocycles. The van der Waals surface area contributed by atoms with Crippen LogP contribution in [0.15, 0.2) is 42.7 Å². The van der Waals surface area contributed by atoms with E-state index in [0.29, 0.717) is 16.9 Å². The first kappa shape index (κ1) is 25.3. The van der Waals surface area contributed by atoms with Crippen molar-refractivity contribution in [1.29, 1.82) is 0 Å². The Morgan fingerprint density at radius 2 is 1.76 bits per heavy atom. The molecule has 6 heteroatoms. The molecular formula is C27H29N4OY-. The van der Waals surface area contributed by atoms with Gasteiger partial charge in [-0.25, -0.2) is 0 Å². The standard InChI is InChI=1S/C27H29N4O.Y/c1-2-8-26(32)30-23-15-16-25-24(18-23)27(29-19-28-25)31-22-13-11-21(12-14-22)17-20-9-6-4-3-5-7-10-20;/h11-16,19-20H,3-7,9-10,17H2,1H3,(H,30,32)(H,28,29,31);/q-1;. The molecule has 2 aromatic carbocycles. The fourth-order valence-corrected chi connectivity index (χ4v) is 4.36. The largest absolute Gasteiger partial charge is 0.380 e. The van der Waals surface area contributed by atoms with E-state index in [-0.39, 0.29) is 38.6 Å². The Labute approximate surface area is 221 Å². The number of hydrogen-bond donors (Lipinski definition) is 2. The van der Waals surface area contributed by atoms with Crippen molar-refractivity contribution in [1.82, 2.24) is 9.97 Å². The molecule has 3 aromatic rings. The van der Waals surface area contributed by atoms with Crippen LogP contribution in [0.3, 0.4) is 0 Å².